The van der Waals surface area contributed by atoms with Gasteiger partial charge in [-0.3, -0.25) is 4.79 Å². The van der Waals surface area contributed by atoms with Crippen molar-refractivity contribution in [3.63, 3.8) is 0 Å². The summed E-state index contributed by atoms with van der Waals surface area (Å²) in [6.07, 6.45) is 0. The number of nitrogens with two attached hydrogens (primary N) is 1. The predicted molar refractivity (Wildman–Crippen MR) is 85.9 cm³/mol. The molecule has 4 nitrogen and oxygen atoms in total. The number of nitrogens with one attached hydrogen (secondary N) is 1. The van der Waals surface area contributed by atoms with Gasteiger partial charge in [-0.25, -0.2) is 0 Å². The van der Waals surface area contributed by atoms with Crippen molar-refractivity contribution in [1.29, 1.82) is 0 Å². The van der Waals surface area contributed by atoms with Crippen LogP contribution in [-0.2, 0) is 0 Å². The molecule has 2 rings (SSSR count). The van der Waals surface area contributed by atoms with Gasteiger partial charge in [-0.05, 0) is 56.2 Å². The van der Waals surface area contributed by atoms with E-state index in [1.165, 1.54) is 0 Å². The maximum Gasteiger partial charge on any atom is 0.255 e. The third kappa shape index (κ3) is 3.54. The molecule has 2 aromatic rings. The summed E-state index contributed by atoms with van der Waals surface area (Å²) in [4.78, 5) is 12.3. The summed E-state index contributed by atoms with van der Waals surface area (Å²) in [5.41, 5.74) is 9.78. The second-order valence-electron chi connectivity index (χ2n) is 4.96. The molecule has 0 fully saturated rings. The zero-order valence-corrected chi connectivity index (χ0v) is 12.6. The second-order valence-corrected chi connectivity index (χ2v) is 4.96. The summed E-state index contributed by atoms with van der Waals surface area (Å²) in [6.45, 7) is 6.37. The summed E-state index contributed by atoms with van der Waals surface area (Å²) >= 11 is 0. The van der Waals surface area contributed by atoms with Gasteiger partial charge in [0, 0.05) is 5.56 Å². The van der Waals surface area contributed by atoms with Crippen LogP contribution in [0.25, 0.3) is 0 Å². The van der Waals surface area contributed by atoms with Crippen LogP contribution in [0.4, 0.5) is 11.4 Å². The number of amides is 1. The van der Waals surface area contributed by atoms with E-state index >= 15 is 0 Å². The minimum atomic E-state index is -0.199. The highest BCUT2D eigenvalue weighted by atomic mass is 16.5. The molecule has 0 spiro atoms. The molecule has 0 aliphatic heterocycles. The van der Waals surface area contributed by atoms with E-state index in [0.717, 1.165) is 11.1 Å². The van der Waals surface area contributed by atoms with Crippen LogP contribution in [0.15, 0.2) is 36.4 Å². The Bertz CT molecular complexity index is 643. The fraction of sp³-hybridized carbons (Fsp3) is 0.235. The molecule has 0 saturated heterocycles. The smallest absolute Gasteiger partial charge is 0.255 e. The molecule has 3 N–H and O–H groups in total. The second kappa shape index (κ2) is 6.31. The normalized spacial score (nSPS) is 10.2. The fourth-order valence-electron chi connectivity index (χ4n) is 2.25. The Morgan fingerprint density at radius 2 is 2.00 bits per heavy atom. The van der Waals surface area contributed by atoms with Gasteiger partial charge in [-0.15, -0.1) is 0 Å². The molecule has 0 unspecified atom stereocenters. The van der Waals surface area contributed by atoms with Gasteiger partial charge in [-0.2, -0.15) is 0 Å². The van der Waals surface area contributed by atoms with Gasteiger partial charge in [0.15, 0.2) is 0 Å². The molecule has 2 aromatic carbocycles. The first-order valence-corrected chi connectivity index (χ1v) is 6.92. The first kappa shape index (κ1) is 14.9. The minimum Gasteiger partial charge on any atom is -0.494 e. The third-order valence-corrected chi connectivity index (χ3v) is 3.16. The number of ether oxygens (including phenoxy) is 1. The van der Waals surface area contributed by atoms with E-state index in [1.54, 1.807) is 18.2 Å². The lowest BCUT2D eigenvalue weighted by Crippen LogP contribution is -2.14. The Morgan fingerprint density at radius 1 is 1.24 bits per heavy atom. The Balaban J connectivity index is 2.24. The maximum atomic E-state index is 12.3. The standard InChI is InChI=1S/C17H20N2O2/c1-4-21-14-7-5-6-13(10-14)17(20)19-16-12(3)8-11(2)9-15(16)18/h5-10H,4,18H2,1-3H3,(H,19,20). The molecule has 0 aliphatic carbocycles. The molecule has 0 atom stereocenters. The van der Waals surface area contributed by atoms with Gasteiger partial charge in [0.1, 0.15) is 5.75 Å². The van der Waals surface area contributed by atoms with E-state index < -0.39 is 0 Å². The molecule has 4 heteroatoms. The van der Waals surface area contributed by atoms with Crippen molar-refractivity contribution >= 4 is 17.3 Å². The fourth-order valence-corrected chi connectivity index (χ4v) is 2.25. The summed E-state index contributed by atoms with van der Waals surface area (Å²) in [6, 6.07) is 10.9. The van der Waals surface area contributed by atoms with Crippen molar-refractivity contribution in [2.24, 2.45) is 0 Å². The number of anilines is 2. The van der Waals surface area contributed by atoms with Crippen molar-refractivity contribution in [2.75, 3.05) is 17.7 Å². The molecule has 0 aliphatic rings. The lowest BCUT2D eigenvalue weighted by atomic mass is 10.1. The molecule has 0 saturated carbocycles. The number of nitrogen functional groups attached to an aromatic ring is 1. The summed E-state index contributed by atoms with van der Waals surface area (Å²) in [5.74, 6) is 0.481. The van der Waals surface area contributed by atoms with E-state index in [1.807, 2.05) is 39.0 Å². The quantitative estimate of drug-likeness (QED) is 0.844. The van der Waals surface area contributed by atoms with Gasteiger partial charge in [-0.1, -0.05) is 12.1 Å². The van der Waals surface area contributed by atoms with Crippen LogP contribution in [0.5, 0.6) is 5.75 Å². The Kier molecular flexibility index (Phi) is 4.48. The lowest BCUT2D eigenvalue weighted by Gasteiger charge is -2.13. The molecular weight excluding hydrogens is 264 g/mol. The first-order chi connectivity index (χ1) is 10.0. The average Bonchev–Trinajstić information content (AvgIpc) is 2.43. The topological polar surface area (TPSA) is 64.3 Å². The van der Waals surface area contributed by atoms with Crippen molar-refractivity contribution in [2.45, 2.75) is 20.8 Å². The molecule has 1 amide bonds. The molecule has 0 bridgehead atoms. The number of hydrogen-bond donors (Lipinski definition) is 2. The number of carbonyl (C=O) groups is 1. The van der Waals surface area contributed by atoms with Gasteiger partial charge in [0.05, 0.1) is 18.0 Å². The molecule has 21 heavy (non-hydrogen) atoms. The van der Waals surface area contributed by atoms with E-state index in [-0.39, 0.29) is 5.91 Å². The minimum absolute atomic E-state index is 0.199. The SMILES string of the molecule is CCOc1cccc(C(=O)Nc2c(C)cc(C)cc2N)c1. The molecule has 0 aromatic heterocycles. The summed E-state index contributed by atoms with van der Waals surface area (Å²) < 4.78 is 5.41. The van der Waals surface area contributed by atoms with E-state index in [0.29, 0.717) is 29.3 Å². The molecular formula is C17H20N2O2. The van der Waals surface area contributed by atoms with Crippen LogP contribution in [0.1, 0.15) is 28.4 Å². The van der Waals surface area contributed by atoms with Crippen LogP contribution < -0.4 is 15.8 Å². The van der Waals surface area contributed by atoms with Crippen LogP contribution in [0, 0.1) is 13.8 Å². The number of hydrogen-bond acceptors (Lipinski definition) is 3. The van der Waals surface area contributed by atoms with Crippen LogP contribution in [0.2, 0.25) is 0 Å². The molecule has 0 heterocycles. The number of rotatable bonds is 4. The van der Waals surface area contributed by atoms with Gasteiger partial charge >= 0.3 is 0 Å². The Morgan fingerprint density at radius 3 is 2.67 bits per heavy atom. The summed E-state index contributed by atoms with van der Waals surface area (Å²) in [5, 5.41) is 2.87. The zero-order valence-electron chi connectivity index (χ0n) is 12.6. The maximum absolute atomic E-state index is 12.3. The van der Waals surface area contributed by atoms with E-state index in [9.17, 15) is 4.79 Å². The van der Waals surface area contributed by atoms with Gasteiger partial charge in [0.2, 0.25) is 0 Å². The Hall–Kier alpha value is -2.49. The first-order valence-electron chi connectivity index (χ1n) is 6.92. The largest absolute Gasteiger partial charge is 0.494 e. The molecule has 110 valence electrons. The van der Waals surface area contributed by atoms with E-state index in [2.05, 4.69) is 5.32 Å². The highest BCUT2D eigenvalue weighted by molar-refractivity contribution is 6.06. The zero-order chi connectivity index (χ0) is 15.4. The van der Waals surface area contributed by atoms with Crippen LogP contribution in [0.3, 0.4) is 0 Å². The van der Waals surface area contributed by atoms with Crippen molar-refractivity contribution in [1.82, 2.24) is 0 Å². The van der Waals surface area contributed by atoms with Crippen molar-refractivity contribution in [3.8, 4) is 5.75 Å². The Labute approximate surface area is 124 Å². The van der Waals surface area contributed by atoms with Crippen molar-refractivity contribution in [3.05, 3.63) is 53.1 Å². The van der Waals surface area contributed by atoms with Gasteiger partial charge < -0.3 is 15.8 Å². The average molecular weight is 284 g/mol. The van der Waals surface area contributed by atoms with E-state index in [4.69, 9.17) is 10.5 Å². The number of carbonyl (C=O) groups excluding carboxylic acids is 1. The van der Waals surface area contributed by atoms with Gasteiger partial charge in [0.25, 0.3) is 5.91 Å². The van der Waals surface area contributed by atoms with Crippen LogP contribution >= 0.6 is 0 Å². The molecule has 0 radical (unpaired) electrons. The lowest BCUT2D eigenvalue weighted by molar-refractivity contribution is 0.102. The highest BCUT2D eigenvalue weighted by Crippen LogP contribution is 2.25. The highest BCUT2D eigenvalue weighted by Gasteiger charge is 2.11. The summed E-state index contributed by atoms with van der Waals surface area (Å²) in [7, 11) is 0. The number of benzene rings is 2. The monoisotopic (exact) mass is 284 g/mol. The van der Waals surface area contributed by atoms with Crippen LogP contribution in [-0.4, -0.2) is 12.5 Å². The predicted octanol–water partition coefficient (Wildman–Crippen LogP) is 3.54. The van der Waals surface area contributed by atoms with Crippen molar-refractivity contribution < 1.29 is 9.53 Å². The third-order valence-electron chi connectivity index (χ3n) is 3.16. The number of aryl methyl sites for hydroxylation is 2.